The molecule has 0 atom stereocenters. The van der Waals surface area contributed by atoms with Gasteiger partial charge in [0.15, 0.2) is 0 Å². The van der Waals surface area contributed by atoms with Gasteiger partial charge < -0.3 is 15.2 Å². The van der Waals surface area contributed by atoms with Crippen molar-refractivity contribution in [2.75, 3.05) is 11.9 Å². The second-order valence-corrected chi connectivity index (χ2v) is 7.53. The zero-order valence-electron chi connectivity index (χ0n) is 17.6. The lowest BCUT2D eigenvalue weighted by atomic mass is 10.1. The third-order valence-corrected chi connectivity index (χ3v) is 5.08. The Balaban J connectivity index is 1.46. The molecule has 6 nitrogen and oxygen atoms in total. The number of carbonyl (C=O) groups excluding carboxylic acids is 2. The molecule has 0 aliphatic carbocycles. The highest BCUT2D eigenvalue weighted by molar-refractivity contribution is 5.94. The Kier molecular flexibility index (Phi) is 6.26. The van der Waals surface area contributed by atoms with E-state index in [4.69, 9.17) is 0 Å². The van der Waals surface area contributed by atoms with E-state index < -0.39 is 0 Å². The van der Waals surface area contributed by atoms with Gasteiger partial charge in [0.25, 0.3) is 5.91 Å². The van der Waals surface area contributed by atoms with Crippen molar-refractivity contribution in [3.8, 4) is 0 Å². The van der Waals surface area contributed by atoms with Crippen molar-refractivity contribution in [3.63, 3.8) is 0 Å². The first-order valence-corrected chi connectivity index (χ1v) is 10.3. The van der Waals surface area contributed by atoms with Crippen molar-refractivity contribution in [3.05, 3.63) is 95.6 Å². The zero-order chi connectivity index (χ0) is 22.5. The Labute approximate surface area is 185 Å². The Morgan fingerprint density at radius 2 is 1.78 bits per heavy atom. The lowest BCUT2D eigenvalue weighted by Crippen LogP contribution is -2.27. The highest BCUT2D eigenvalue weighted by atomic mass is 19.1. The number of amides is 2. The van der Waals surface area contributed by atoms with Gasteiger partial charge in [0, 0.05) is 24.2 Å². The van der Waals surface area contributed by atoms with Crippen molar-refractivity contribution in [1.82, 2.24) is 14.9 Å². The second kappa shape index (κ2) is 9.43. The van der Waals surface area contributed by atoms with Gasteiger partial charge in [0.1, 0.15) is 18.2 Å². The van der Waals surface area contributed by atoms with Crippen LogP contribution in [0.1, 0.15) is 21.7 Å². The Morgan fingerprint density at radius 1 is 1.00 bits per heavy atom. The minimum Gasteiger partial charge on any atom is -0.352 e. The fourth-order valence-electron chi connectivity index (χ4n) is 3.55. The average Bonchev–Trinajstić information content (AvgIpc) is 3.12. The number of rotatable bonds is 7. The molecule has 0 unspecified atom stereocenters. The third kappa shape index (κ3) is 5.00. The quantitative estimate of drug-likeness (QED) is 0.464. The van der Waals surface area contributed by atoms with Crippen LogP contribution in [-0.2, 0) is 17.8 Å². The molecule has 0 radical (unpaired) electrons. The minimum atomic E-state index is -0.362. The Morgan fingerprint density at radius 3 is 2.56 bits per heavy atom. The number of nitrogens with one attached hydrogen (secondary N) is 2. The zero-order valence-corrected chi connectivity index (χ0v) is 17.6. The Hall–Kier alpha value is -4.00. The molecule has 0 saturated heterocycles. The maximum atomic E-state index is 13.1. The van der Waals surface area contributed by atoms with Crippen molar-refractivity contribution in [1.29, 1.82) is 0 Å². The van der Waals surface area contributed by atoms with Crippen LogP contribution in [0.15, 0.2) is 72.8 Å². The number of nitrogens with zero attached hydrogens (tertiary/aromatic N) is 2. The van der Waals surface area contributed by atoms with E-state index in [0.29, 0.717) is 30.0 Å². The van der Waals surface area contributed by atoms with Crippen LogP contribution in [0.25, 0.3) is 11.0 Å². The van der Waals surface area contributed by atoms with Gasteiger partial charge in [-0.25, -0.2) is 9.37 Å². The highest BCUT2D eigenvalue weighted by Gasteiger charge is 2.14. The summed E-state index contributed by atoms with van der Waals surface area (Å²) in [5.74, 6) is -0.0566. The summed E-state index contributed by atoms with van der Waals surface area (Å²) in [6.07, 6.45) is 0.468. The molecular weight excluding hydrogens is 407 g/mol. The van der Waals surface area contributed by atoms with Gasteiger partial charge >= 0.3 is 0 Å². The first kappa shape index (κ1) is 21.2. The van der Waals surface area contributed by atoms with Crippen LogP contribution in [0.5, 0.6) is 0 Å². The number of hydrogen-bond acceptors (Lipinski definition) is 3. The summed E-state index contributed by atoms with van der Waals surface area (Å²) in [6.45, 7) is 2.38. The molecule has 2 amide bonds. The van der Waals surface area contributed by atoms with Crippen LogP contribution < -0.4 is 10.6 Å². The maximum absolute atomic E-state index is 13.1. The molecule has 4 aromatic rings. The average molecular weight is 430 g/mol. The number of hydrogen-bond donors (Lipinski definition) is 2. The summed E-state index contributed by atoms with van der Waals surface area (Å²) in [5, 5.41) is 5.69. The van der Waals surface area contributed by atoms with Crippen LogP contribution in [0.2, 0.25) is 0 Å². The molecule has 162 valence electrons. The van der Waals surface area contributed by atoms with E-state index in [0.717, 1.165) is 16.6 Å². The molecule has 1 heterocycles. The summed E-state index contributed by atoms with van der Waals surface area (Å²) < 4.78 is 14.9. The van der Waals surface area contributed by atoms with Gasteiger partial charge in [-0.2, -0.15) is 0 Å². The first-order valence-electron chi connectivity index (χ1n) is 10.3. The normalized spacial score (nSPS) is 10.8. The highest BCUT2D eigenvalue weighted by Crippen LogP contribution is 2.17. The fourth-order valence-corrected chi connectivity index (χ4v) is 3.55. The molecule has 0 fully saturated rings. The molecule has 3 aromatic carbocycles. The SMILES string of the molecule is Cc1cccc(C(=O)NCCc2nc3ccccc3n2CC(=O)Nc2ccc(F)cc2)c1. The Bertz CT molecular complexity index is 1260. The number of fused-ring (bicyclic) bond motifs is 1. The van der Waals surface area contributed by atoms with Crippen molar-refractivity contribution in [2.24, 2.45) is 0 Å². The van der Waals surface area contributed by atoms with E-state index in [1.54, 1.807) is 6.07 Å². The molecule has 32 heavy (non-hydrogen) atoms. The second-order valence-electron chi connectivity index (χ2n) is 7.53. The summed E-state index contributed by atoms with van der Waals surface area (Å²) in [4.78, 5) is 29.7. The van der Waals surface area contributed by atoms with E-state index >= 15 is 0 Å². The molecule has 0 bridgehead atoms. The lowest BCUT2D eigenvalue weighted by molar-refractivity contribution is -0.116. The number of halogens is 1. The van der Waals surface area contributed by atoms with Gasteiger partial charge in [-0.3, -0.25) is 9.59 Å². The van der Waals surface area contributed by atoms with Crippen LogP contribution in [0.4, 0.5) is 10.1 Å². The minimum absolute atomic E-state index is 0.0546. The maximum Gasteiger partial charge on any atom is 0.251 e. The predicted octanol–water partition coefficient (Wildman–Crippen LogP) is 4.10. The van der Waals surface area contributed by atoms with Gasteiger partial charge in [0.05, 0.1) is 11.0 Å². The number of imidazole rings is 1. The first-order chi connectivity index (χ1) is 15.5. The van der Waals surface area contributed by atoms with Gasteiger partial charge in [-0.05, 0) is 55.5 Å². The number of para-hydroxylation sites is 2. The van der Waals surface area contributed by atoms with Gasteiger partial charge in [-0.1, -0.05) is 29.8 Å². The molecule has 2 N–H and O–H groups in total. The molecule has 0 aliphatic rings. The summed E-state index contributed by atoms with van der Waals surface area (Å²) in [7, 11) is 0. The van der Waals surface area contributed by atoms with E-state index in [-0.39, 0.29) is 24.2 Å². The van der Waals surface area contributed by atoms with Crippen molar-refractivity contribution >= 4 is 28.5 Å². The fraction of sp³-hybridized carbons (Fsp3) is 0.160. The molecule has 4 rings (SSSR count). The van der Waals surface area contributed by atoms with Crippen LogP contribution in [-0.4, -0.2) is 27.9 Å². The summed E-state index contributed by atoms with van der Waals surface area (Å²) >= 11 is 0. The van der Waals surface area contributed by atoms with E-state index in [1.807, 2.05) is 54.0 Å². The molecular formula is C25H23FN4O2. The number of aromatic nitrogens is 2. The molecule has 1 aromatic heterocycles. The lowest BCUT2D eigenvalue weighted by Gasteiger charge is -2.11. The number of anilines is 1. The number of benzene rings is 3. The number of aryl methyl sites for hydroxylation is 1. The monoisotopic (exact) mass is 430 g/mol. The van der Waals surface area contributed by atoms with Crippen molar-refractivity contribution < 1.29 is 14.0 Å². The topological polar surface area (TPSA) is 76.0 Å². The van der Waals surface area contributed by atoms with Crippen molar-refractivity contribution in [2.45, 2.75) is 19.9 Å². The van der Waals surface area contributed by atoms with Crippen LogP contribution >= 0.6 is 0 Å². The van der Waals surface area contributed by atoms with Crippen LogP contribution in [0, 0.1) is 12.7 Å². The smallest absolute Gasteiger partial charge is 0.251 e. The molecule has 0 aliphatic heterocycles. The standard InChI is InChI=1S/C25H23FN4O2/c1-17-5-4-6-18(15-17)25(32)27-14-13-23-29-21-7-2-3-8-22(21)30(23)16-24(31)28-20-11-9-19(26)10-12-20/h2-12,15H,13-14,16H2,1H3,(H,27,32)(H,28,31). The van der Waals surface area contributed by atoms with Crippen LogP contribution in [0.3, 0.4) is 0 Å². The largest absolute Gasteiger partial charge is 0.352 e. The van der Waals surface area contributed by atoms with E-state index in [2.05, 4.69) is 15.6 Å². The summed E-state index contributed by atoms with van der Waals surface area (Å²) in [5.41, 5.74) is 3.76. The van der Waals surface area contributed by atoms with E-state index in [1.165, 1.54) is 24.3 Å². The van der Waals surface area contributed by atoms with E-state index in [9.17, 15) is 14.0 Å². The predicted molar refractivity (Wildman–Crippen MR) is 122 cm³/mol. The molecule has 7 heteroatoms. The third-order valence-electron chi connectivity index (χ3n) is 5.08. The van der Waals surface area contributed by atoms with Gasteiger partial charge in [0.2, 0.25) is 5.91 Å². The number of carbonyl (C=O) groups is 2. The van der Waals surface area contributed by atoms with Gasteiger partial charge in [-0.15, -0.1) is 0 Å². The summed E-state index contributed by atoms with van der Waals surface area (Å²) in [6, 6.07) is 20.6. The molecule has 0 spiro atoms. The molecule has 0 saturated carbocycles.